The first-order valence-corrected chi connectivity index (χ1v) is 9.54. The highest BCUT2D eigenvalue weighted by atomic mass is 32.2. The van der Waals surface area contributed by atoms with Crippen molar-refractivity contribution >= 4 is 26.9 Å². The highest BCUT2D eigenvalue weighted by Crippen LogP contribution is 2.28. The number of hydrogen-bond acceptors (Lipinski definition) is 5. The van der Waals surface area contributed by atoms with Crippen LogP contribution in [0.15, 0.2) is 52.0 Å². The molecule has 0 bridgehead atoms. The van der Waals surface area contributed by atoms with Crippen LogP contribution in [0.4, 0.5) is 0 Å². The van der Waals surface area contributed by atoms with Crippen molar-refractivity contribution in [1.82, 2.24) is 9.29 Å². The first-order valence-electron chi connectivity index (χ1n) is 8.10. The summed E-state index contributed by atoms with van der Waals surface area (Å²) in [6.45, 7) is 4.17. The fraction of sp³-hybridized carbons (Fsp3) is 0.222. The lowest BCUT2D eigenvalue weighted by atomic mass is 10.1. The van der Waals surface area contributed by atoms with E-state index in [4.69, 9.17) is 4.42 Å². The second kappa shape index (κ2) is 6.89. The van der Waals surface area contributed by atoms with Gasteiger partial charge in [-0.15, -0.1) is 0 Å². The van der Waals surface area contributed by atoms with Crippen LogP contribution in [0.1, 0.15) is 24.2 Å². The highest BCUT2D eigenvalue weighted by Gasteiger charge is 2.23. The fourth-order valence-electron chi connectivity index (χ4n) is 2.81. The zero-order valence-electron chi connectivity index (χ0n) is 14.3. The van der Waals surface area contributed by atoms with E-state index in [0.29, 0.717) is 30.1 Å². The van der Waals surface area contributed by atoms with Gasteiger partial charge in [0.05, 0.1) is 22.2 Å². The van der Waals surface area contributed by atoms with Gasteiger partial charge in [0.25, 0.3) is 0 Å². The third-order valence-corrected chi connectivity index (χ3v) is 6.17. The third kappa shape index (κ3) is 3.09. The molecule has 0 atom stereocenters. The van der Waals surface area contributed by atoms with Gasteiger partial charge in [0.15, 0.2) is 5.76 Å². The number of aromatic nitrogens is 1. The Bertz CT molecular complexity index is 1050. The van der Waals surface area contributed by atoms with Gasteiger partial charge < -0.3 is 9.52 Å². The Hall–Kier alpha value is -2.71. The van der Waals surface area contributed by atoms with Crippen molar-refractivity contribution in [3.8, 4) is 11.5 Å². The van der Waals surface area contributed by atoms with Gasteiger partial charge >= 0.3 is 5.97 Å². The third-order valence-electron chi connectivity index (χ3n) is 4.13. The normalized spacial score (nSPS) is 12.0. The number of sulfonamides is 1. The molecule has 0 amide bonds. The first-order chi connectivity index (χ1) is 12.4. The summed E-state index contributed by atoms with van der Waals surface area (Å²) in [5, 5.41) is 9.85. The minimum absolute atomic E-state index is 0.0296. The Kier molecular flexibility index (Phi) is 4.80. The molecule has 0 saturated heterocycles. The number of aromatic carboxylic acids is 1. The topological polar surface area (TPSA) is 101 Å². The second-order valence-corrected chi connectivity index (χ2v) is 7.54. The molecule has 0 unspecified atom stereocenters. The van der Waals surface area contributed by atoms with E-state index >= 15 is 0 Å². The maximum Gasteiger partial charge on any atom is 0.336 e. The molecule has 0 aliphatic rings. The number of hydrogen-bond donors (Lipinski definition) is 1. The van der Waals surface area contributed by atoms with Crippen LogP contribution in [0.25, 0.3) is 22.4 Å². The molecule has 0 aliphatic carbocycles. The van der Waals surface area contributed by atoms with Crippen LogP contribution in [0, 0.1) is 0 Å². The van der Waals surface area contributed by atoms with E-state index in [2.05, 4.69) is 4.98 Å². The molecule has 136 valence electrons. The van der Waals surface area contributed by atoms with Crippen LogP contribution in [-0.2, 0) is 10.0 Å². The van der Waals surface area contributed by atoms with Gasteiger partial charge in [-0.2, -0.15) is 4.31 Å². The van der Waals surface area contributed by atoms with Crippen molar-refractivity contribution in [3.05, 3.63) is 48.2 Å². The lowest BCUT2D eigenvalue weighted by molar-refractivity contribution is 0.0699. The SMILES string of the molecule is CCN(CC)S(=O)(=O)c1ccc2nc(-c3ccco3)cc(C(=O)O)c2c1. The summed E-state index contributed by atoms with van der Waals surface area (Å²) in [4.78, 5) is 16.2. The number of benzene rings is 1. The highest BCUT2D eigenvalue weighted by molar-refractivity contribution is 7.89. The molecule has 1 N–H and O–H groups in total. The van der Waals surface area contributed by atoms with Crippen LogP contribution >= 0.6 is 0 Å². The molecule has 1 aromatic carbocycles. The molecular weight excluding hydrogens is 356 g/mol. The molecule has 8 heteroatoms. The quantitative estimate of drug-likeness (QED) is 0.711. The number of carboxylic acids is 1. The number of nitrogens with zero attached hydrogens (tertiary/aromatic N) is 2. The van der Waals surface area contributed by atoms with Crippen LogP contribution in [-0.4, -0.2) is 41.9 Å². The van der Waals surface area contributed by atoms with Crippen LogP contribution < -0.4 is 0 Å². The molecule has 0 spiro atoms. The minimum Gasteiger partial charge on any atom is -0.478 e. The largest absolute Gasteiger partial charge is 0.478 e. The monoisotopic (exact) mass is 374 g/mol. The average molecular weight is 374 g/mol. The first kappa shape index (κ1) is 18.1. The van der Waals surface area contributed by atoms with Crippen LogP contribution in [0.2, 0.25) is 0 Å². The standard InChI is InChI=1S/C18H18N2O5S/c1-3-20(4-2)26(23,24)12-7-8-15-13(10-12)14(18(21)22)11-16(19-15)17-6-5-9-25-17/h5-11H,3-4H2,1-2H3,(H,21,22). The number of furan rings is 1. The van der Waals surface area contributed by atoms with Crippen LogP contribution in [0.3, 0.4) is 0 Å². The molecule has 2 heterocycles. The van der Waals surface area contributed by atoms with E-state index in [-0.39, 0.29) is 15.8 Å². The number of rotatable bonds is 6. The van der Waals surface area contributed by atoms with E-state index in [9.17, 15) is 18.3 Å². The van der Waals surface area contributed by atoms with Gasteiger partial charge in [-0.25, -0.2) is 18.2 Å². The van der Waals surface area contributed by atoms with Gasteiger partial charge in [0.1, 0.15) is 5.69 Å². The Labute approximate surface area is 150 Å². The van der Waals surface area contributed by atoms with Gasteiger partial charge in [0, 0.05) is 18.5 Å². The molecule has 7 nitrogen and oxygen atoms in total. The van der Waals surface area contributed by atoms with Crippen molar-refractivity contribution in [2.45, 2.75) is 18.7 Å². The average Bonchev–Trinajstić information content (AvgIpc) is 3.15. The van der Waals surface area contributed by atoms with E-state index in [1.807, 2.05) is 0 Å². The number of pyridine rings is 1. The maximum atomic E-state index is 12.7. The number of carboxylic acid groups (broad SMARTS) is 1. The summed E-state index contributed by atoms with van der Waals surface area (Å²) < 4.78 is 32.0. The lowest BCUT2D eigenvalue weighted by Gasteiger charge is -2.18. The number of fused-ring (bicyclic) bond motifs is 1. The van der Waals surface area contributed by atoms with Gasteiger partial charge in [-0.3, -0.25) is 0 Å². The van der Waals surface area contributed by atoms with E-state index in [1.165, 1.54) is 34.8 Å². The van der Waals surface area contributed by atoms with Gasteiger partial charge in [-0.1, -0.05) is 13.8 Å². The summed E-state index contributed by atoms with van der Waals surface area (Å²) in [5.74, 6) is -0.725. The molecular formula is C18H18N2O5S. The fourth-order valence-corrected chi connectivity index (χ4v) is 4.29. The maximum absolute atomic E-state index is 12.7. The molecule has 0 fully saturated rings. The zero-order chi connectivity index (χ0) is 18.9. The van der Waals surface area contributed by atoms with E-state index in [1.54, 1.807) is 26.0 Å². The van der Waals surface area contributed by atoms with Crippen LogP contribution in [0.5, 0.6) is 0 Å². The lowest BCUT2D eigenvalue weighted by Crippen LogP contribution is -2.30. The summed E-state index contributed by atoms with van der Waals surface area (Å²) in [6.07, 6.45) is 1.47. The van der Waals surface area contributed by atoms with Crippen molar-refractivity contribution in [1.29, 1.82) is 0 Å². The van der Waals surface area contributed by atoms with Gasteiger partial charge in [-0.05, 0) is 36.4 Å². The van der Waals surface area contributed by atoms with Crippen molar-refractivity contribution < 1.29 is 22.7 Å². The molecule has 2 aromatic heterocycles. The molecule has 3 rings (SSSR count). The van der Waals surface area contributed by atoms with Gasteiger partial charge in [0.2, 0.25) is 10.0 Å². The Morgan fingerprint density at radius 2 is 1.92 bits per heavy atom. The molecule has 0 aliphatic heterocycles. The molecule has 0 saturated carbocycles. The Morgan fingerprint density at radius 1 is 1.19 bits per heavy atom. The Balaban J connectivity index is 2.23. The molecule has 3 aromatic rings. The summed E-state index contributed by atoms with van der Waals surface area (Å²) in [5.41, 5.74) is 0.729. The minimum atomic E-state index is -3.69. The van der Waals surface area contributed by atoms with E-state index < -0.39 is 16.0 Å². The summed E-state index contributed by atoms with van der Waals surface area (Å²) >= 11 is 0. The van der Waals surface area contributed by atoms with E-state index in [0.717, 1.165) is 0 Å². The number of carbonyl (C=O) groups is 1. The summed E-state index contributed by atoms with van der Waals surface area (Å²) in [6, 6.07) is 9.08. The second-order valence-electron chi connectivity index (χ2n) is 5.61. The Morgan fingerprint density at radius 3 is 2.50 bits per heavy atom. The van der Waals surface area contributed by atoms with Crippen molar-refractivity contribution in [3.63, 3.8) is 0 Å². The molecule has 0 radical (unpaired) electrons. The molecule has 26 heavy (non-hydrogen) atoms. The summed E-state index contributed by atoms with van der Waals surface area (Å²) in [7, 11) is -3.69. The zero-order valence-corrected chi connectivity index (χ0v) is 15.2. The predicted molar refractivity (Wildman–Crippen MR) is 96.5 cm³/mol. The smallest absolute Gasteiger partial charge is 0.336 e. The predicted octanol–water partition coefficient (Wildman–Crippen LogP) is 3.22. The van der Waals surface area contributed by atoms with Crippen molar-refractivity contribution in [2.75, 3.05) is 13.1 Å². The van der Waals surface area contributed by atoms with Crippen molar-refractivity contribution in [2.24, 2.45) is 0 Å².